The Labute approximate surface area is 146 Å². The van der Waals surface area contributed by atoms with E-state index in [1.807, 2.05) is 18.2 Å². The summed E-state index contributed by atoms with van der Waals surface area (Å²) >= 11 is 13.8. The van der Waals surface area contributed by atoms with Crippen LogP contribution in [0.25, 0.3) is 0 Å². The molecule has 0 aliphatic carbocycles. The Balaban J connectivity index is 1.87. The van der Waals surface area contributed by atoms with Crippen LogP contribution < -0.4 is 5.32 Å². The zero-order valence-electron chi connectivity index (χ0n) is 12.1. The number of halogens is 2. The van der Waals surface area contributed by atoms with Crippen LogP contribution in [0.2, 0.25) is 10.2 Å². The largest absolute Gasteiger partial charge is 0.298 e. The number of nitrogens with one attached hydrogen (secondary N) is 1. The summed E-state index contributed by atoms with van der Waals surface area (Å²) < 4.78 is 1.56. The Kier molecular flexibility index (Phi) is 4.66. The molecule has 5 nitrogen and oxygen atoms in total. The van der Waals surface area contributed by atoms with Gasteiger partial charge < -0.3 is 0 Å². The second-order valence-corrected chi connectivity index (χ2v) is 6.45. The molecule has 0 spiro atoms. The lowest BCUT2D eigenvalue weighted by Crippen LogP contribution is -2.13. The lowest BCUT2D eigenvalue weighted by molar-refractivity contribution is 0.102. The van der Waals surface area contributed by atoms with E-state index < -0.39 is 0 Å². The van der Waals surface area contributed by atoms with Crippen LogP contribution in [0.3, 0.4) is 0 Å². The Hall–Kier alpha value is -1.89. The topological polar surface area (TPSA) is 59.8 Å². The van der Waals surface area contributed by atoms with Crippen LogP contribution in [0.1, 0.15) is 21.6 Å². The average Bonchev–Trinajstić information content (AvgIpc) is 3.10. The predicted molar refractivity (Wildman–Crippen MR) is 92.6 cm³/mol. The van der Waals surface area contributed by atoms with Crippen molar-refractivity contribution in [1.82, 2.24) is 14.8 Å². The van der Waals surface area contributed by atoms with E-state index in [0.717, 1.165) is 5.56 Å². The summed E-state index contributed by atoms with van der Waals surface area (Å²) in [6.07, 6.45) is 1.62. The number of aromatic nitrogens is 3. The summed E-state index contributed by atoms with van der Waals surface area (Å²) in [5.74, 6) is -0.326. The molecule has 2 heterocycles. The highest BCUT2D eigenvalue weighted by Crippen LogP contribution is 2.24. The molecule has 3 aromatic rings. The zero-order chi connectivity index (χ0) is 16.4. The van der Waals surface area contributed by atoms with Crippen LogP contribution in [0, 0.1) is 6.92 Å². The van der Waals surface area contributed by atoms with Gasteiger partial charge in [-0.15, -0.1) is 11.3 Å². The standard InChI is InChI=1S/C15H12Cl2N4OS/c1-9-12(14(22)19-15-18-6-7-23-15)13(17)21(20-9)8-10-4-2-3-5-11(10)16/h2-7H,8H2,1H3,(H,18,19,22). The van der Waals surface area contributed by atoms with Gasteiger partial charge in [-0.3, -0.25) is 10.1 Å². The van der Waals surface area contributed by atoms with E-state index in [1.165, 1.54) is 11.3 Å². The minimum Gasteiger partial charge on any atom is -0.298 e. The van der Waals surface area contributed by atoms with Gasteiger partial charge >= 0.3 is 0 Å². The maximum absolute atomic E-state index is 12.4. The number of hydrogen-bond acceptors (Lipinski definition) is 4. The molecule has 23 heavy (non-hydrogen) atoms. The number of hydrogen-bond donors (Lipinski definition) is 1. The summed E-state index contributed by atoms with van der Waals surface area (Å²) in [4.78, 5) is 16.4. The van der Waals surface area contributed by atoms with E-state index in [1.54, 1.807) is 29.2 Å². The first kappa shape index (κ1) is 16.0. The summed E-state index contributed by atoms with van der Waals surface area (Å²) in [6, 6.07) is 7.44. The molecule has 0 aliphatic heterocycles. The first-order valence-electron chi connectivity index (χ1n) is 6.73. The Morgan fingerprint density at radius 3 is 2.83 bits per heavy atom. The van der Waals surface area contributed by atoms with E-state index in [4.69, 9.17) is 23.2 Å². The van der Waals surface area contributed by atoms with E-state index in [2.05, 4.69) is 15.4 Å². The third-order valence-electron chi connectivity index (χ3n) is 3.22. The lowest BCUT2D eigenvalue weighted by Gasteiger charge is -2.06. The average molecular weight is 367 g/mol. The third kappa shape index (κ3) is 3.39. The number of amides is 1. The second kappa shape index (κ2) is 6.70. The summed E-state index contributed by atoms with van der Waals surface area (Å²) in [7, 11) is 0. The number of rotatable bonds is 4. The highest BCUT2D eigenvalue weighted by molar-refractivity contribution is 7.13. The normalized spacial score (nSPS) is 10.7. The molecule has 0 saturated heterocycles. The third-order valence-corrected chi connectivity index (χ3v) is 4.66. The smallest absolute Gasteiger partial charge is 0.262 e. The number of anilines is 1. The molecule has 1 N–H and O–H groups in total. The van der Waals surface area contributed by atoms with Gasteiger partial charge in [-0.2, -0.15) is 5.10 Å². The number of carbonyl (C=O) groups is 1. The van der Waals surface area contributed by atoms with Crippen LogP contribution in [0.5, 0.6) is 0 Å². The molecule has 1 amide bonds. The molecule has 0 fully saturated rings. The molecule has 8 heteroatoms. The molecule has 0 saturated carbocycles. The van der Waals surface area contributed by atoms with E-state index in [9.17, 15) is 4.79 Å². The first-order valence-corrected chi connectivity index (χ1v) is 8.37. The molecule has 0 atom stereocenters. The summed E-state index contributed by atoms with van der Waals surface area (Å²) in [5.41, 5.74) is 1.77. The Bertz CT molecular complexity index is 845. The first-order chi connectivity index (χ1) is 11.1. The lowest BCUT2D eigenvalue weighted by atomic mass is 10.2. The number of aryl methyl sites for hydroxylation is 1. The van der Waals surface area contributed by atoms with Crippen molar-refractivity contribution >= 4 is 45.6 Å². The number of thiazole rings is 1. The molecular weight excluding hydrogens is 355 g/mol. The van der Waals surface area contributed by atoms with Gasteiger partial charge in [0, 0.05) is 16.6 Å². The van der Waals surface area contributed by atoms with Gasteiger partial charge in [-0.25, -0.2) is 9.67 Å². The Morgan fingerprint density at radius 1 is 1.35 bits per heavy atom. The molecule has 0 bridgehead atoms. The molecule has 2 aromatic heterocycles. The van der Waals surface area contributed by atoms with Crippen molar-refractivity contribution in [3.63, 3.8) is 0 Å². The SMILES string of the molecule is Cc1nn(Cc2ccccc2Cl)c(Cl)c1C(=O)Nc1nccs1. The van der Waals surface area contributed by atoms with Crippen LogP contribution in [0.4, 0.5) is 5.13 Å². The van der Waals surface area contributed by atoms with Crippen molar-refractivity contribution in [3.8, 4) is 0 Å². The highest BCUT2D eigenvalue weighted by atomic mass is 35.5. The van der Waals surface area contributed by atoms with Crippen LogP contribution in [0.15, 0.2) is 35.8 Å². The van der Waals surface area contributed by atoms with Crippen LogP contribution in [-0.4, -0.2) is 20.7 Å². The number of nitrogens with zero attached hydrogens (tertiary/aromatic N) is 3. The second-order valence-electron chi connectivity index (χ2n) is 4.79. The van der Waals surface area contributed by atoms with Gasteiger partial charge in [0.1, 0.15) is 5.15 Å². The van der Waals surface area contributed by atoms with Crippen molar-refractivity contribution in [2.75, 3.05) is 5.32 Å². The summed E-state index contributed by atoms with van der Waals surface area (Å²) in [6.45, 7) is 2.13. The molecule has 0 unspecified atom stereocenters. The minimum absolute atomic E-state index is 0.275. The summed E-state index contributed by atoms with van der Waals surface area (Å²) in [5, 5.41) is 10.3. The van der Waals surface area contributed by atoms with E-state index in [0.29, 0.717) is 28.0 Å². The van der Waals surface area contributed by atoms with Gasteiger partial charge in [0.25, 0.3) is 5.91 Å². The highest BCUT2D eigenvalue weighted by Gasteiger charge is 2.21. The fourth-order valence-electron chi connectivity index (χ4n) is 2.15. The molecular formula is C15H12Cl2N4OS. The van der Waals surface area contributed by atoms with Gasteiger partial charge in [0.05, 0.1) is 17.8 Å². The minimum atomic E-state index is -0.326. The van der Waals surface area contributed by atoms with Crippen LogP contribution in [-0.2, 0) is 6.54 Å². The van der Waals surface area contributed by atoms with E-state index >= 15 is 0 Å². The Morgan fingerprint density at radius 2 is 2.13 bits per heavy atom. The molecule has 3 rings (SSSR count). The molecule has 1 aromatic carbocycles. The van der Waals surface area contributed by atoms with Crippen molar-refractivity contribution in [3.05, 3.63) is 62.8 Å². The van der Waals surface area contributed by atoms with E-state index in [-0.39, 0.29) is 11.1 Å². The maximum atomic E-state index is 12.4. The monoisotopic (exact) mass is 366 g/mol. The van der Waals surface area contributed by atoms with Crippen LogP contribution >= 0.6 is 34.5 Å². The van der Waals surface area contributed by atoms with Crippen molar-refractivity contribution < 1.29 is 4.79 Å². The molecule has 0 radical (unpaired) electrons. The zero-order valence-corrected chi connectivity index (χ0v) is 14.4. The van der Waals surface area contributed by atoms with Gasteiger partial charge in [0.2, 0.25) is 0 Å². The quantitative estimate of drug-likeness (QED) is 0.750. The molecule has 0 aliphatic rings. The van der Waals surface area contributed by atoms with Crippen molar-refractivity contribution in [2.45, 2.75) is 13.5 Å². The molecule has 118 valence electrons. The van der Waals surface area contributed by atoms with Gasteiger partial charge in [-0.1, -0.05) is 41.4 Å². The fraction of sp³-hybridized carbons (Fsp3) is 0.133. The number of benzene rings is 1. The predicted octanol–water partition coefficient (Wildman–Crippen LogP) is 4.26. The van der Waals surface area contributed by atoms with Crippen molar-refractivity contribution in [1.29, 1.82) is 0 Å². The van der Waals surface area contributed by atoms with Crippen molar-refractivity contribution in [2.24, 2.45) is 0 Å². The maximum Gasteiger partial charge on any atom is 0.262 e. The number of carbonyl (C=O) groups excluding carboxylic acids is 1. The fourth-order valence-corrected chi connectivity index (χ4v) is 3.19. The van der Waals surface area contributed by atoms with Gasteiger partial charge in [0.15, 0.2) is 5.13 Å². The van der Waals surface area contributed by atoms with Gasteiger partial charge in [-0.05, 0) is 18.6 Å².